The van der Waals surface area contributed by atoms with E-state index in [1.165, 1.54) is 37.8 Å². The number of nitrogens with zero attached hydrogens (tertiary/aromatic N) is 3. The van der Waals surface area contributed by atoms with Gasteiger partial charge in [-0.05, 0) is 56.6 Å². The summed E-state index contributed by atoms with van der Waals surface area (Å²) in [6.07, 6.45) is 10.1. The lowest BCUT2D eigenvalue weighted by molar-refractivity contribution is 0.00136. The summed E-state index contributed by atoms with van der Waals surface area (Å²) < 4.78 is 0. The van der Waals surface area contributed by atoms with Crippen LogP contribution in [-0.4, -0.2) is 57.6 Å². The number of aromatic amines is 1. The van der Waals surface area contributed by atoms with Crippen molar-refractivity contribution in [2.75, 3.05) is 19.6 Å². The van der Waals surface area contributed by atoms with Crippen LogP contribution >= 0.6 is 0 Å². The maximum atomic E-state index is 13.6. The predicted molar refractivity (Wildman–Crippen MR) is 109 cm³/mol. The molecule has 4 atom stereocenters. The third kappa shape index (κ3) is 2.48. The Balaban J connectivity index is 1.36. The van der Waals surface area contributed by atoms with E-state index >= 15 is 0 Å². The van der Waals surface area contributed by atoms with E-state index in [-0.39, 0.29) is 11.9 Å². The lowest BCUT2D eigenvalue weighted by Gasteiger charge is -2.54. The van der Waals surface area contributed by atoms with Gasteiger partial charge in [-0.25, -0.2) is 0 Å². The Morgan fingerprint density at radius 3 is 3.04 bits per heavy atom. The second-order valence-corrected chi connectivity index (χ2v) is 9.12. The molecule has 0 spiro atoms. The third-order valence-corrected chi connectivity index (χ3v) is 7.59. The molecule has 1 aliphatic carbocycles. The van der Waals surface area contributed by atoms with Gasteiger partial charge in [0.25, 0.3) is 5.91 Å². The SMILES string of the molecule is O=C(c1n[nH]c2ccccc12)N1CCCC2=C[C@@H]3C[C@@H](CN4CCCC[C@@H]34)[C@H]21. The molecule has 0 radical (unpaired) electrons. The topological polar surface area (TPSA) is 52.2 Å². The molecule has 1 N–H and O–H groups in total. The number of hydrogen-bond acceptors (Lipinski definition) is 3. The fourth-order valence-electron chi connectivity index (χ4n) is 6.46. The van der Waals surface area contributed by atoms with Gasteiger partial charge in [0.05, 0.1) is 11.6 Å². The number of fused-ring (bicyclic) bond motifs is 7. The quantitative estimate of drug-likeness (QED) is 0.774. The van der Waals surface area contributed by atoms with Gasteiger partial charge in [0.15, 0.2) is 5.69 Å². The van der Waals surface area contributed by atoms with Gasteiger partial charge >= 0.3 is 0 Å². The van der Waals surface area contributed by atoms with Gasteiger partial charge in [-0.1, -0.05) is 36.3 Å². The van der Waals surface area contributed by atoms with Crippen molar-refractivity contribution < 1.29 is 4.79 Å². The number of carbonyl (C=O) groups is 1. The summed E-state index contributed by atoms with van der Waals surface area (Å²) in [6, 6.07) is 8.98. The fourth-order valence-corrected chi connectivity index (χ4v) is 6.46. The standard InChI is InChI=1S/C23H28N4O/c28-23(21-18-7-1-2-8-19(18)24-25-21)27-11-5-6-15-12-16-13-17(22(15)27)14-26-10-4-3-9-20(16)26/h1-2,7-8,12,16-17,20,22H,3-6,9-11,13-14H2,(H,24,25)/t16-,17+,20+,22+/m1/s1. The van der Waals surface area contributed by atoms with Gasteiger partial charge in [0.1, 0.15) is 0 Å². The Hall–Kier alpha value is -2.14. The minimum atomic E-state index is 0.104. The molecular weight excluding hydrogens is 348 g/mol. The maximum Gasteiger partial charge on any atom is 0.275 e. The first kappa shape index (κ1) is 16.8. The molecular formula is C23H28N4O. The normalized spacial score (nSPS) is 32.6. The highest BCUT2D eigenvalue weighted by molar-refractivity contribution is 6.04. The monoisotopic (exact) mass is 376 g/mol. The van der Waals surface area contributed by atoms with Gasteiger partial charge in [-0.3, -0.25) is 14.8 Å². The zero-order chi connectivity index (χ0) is 18.7. The molecule has 2 aromatic rings. The van der Waals surface area contributed by atoms with Crippen LogP contribution in [0.4, 0.5) is 0 Å². The summed E-state index contributed by atoms with van der Waals surface area (Å²) in [4.78, 5) is 18.5. The number of piperidine rings is 3. The first-order valence-electron chi connectivity index (χ1n) is 11.0. The Morgan fingerprint density at radius 1 is 1.14 bits per heavy atom. The van der Waals surface area contributed by atoms with Crippen LogP contribution < -0.4 is 0 Å². The van der Waals surface area contributed by atoms with Crippen LogP contribution in [0.15, 0.2) is 35.9 Å². The summed E-state index contributed by atoms with van der Waals surface area (Å²) in [5, 5.41) is 8.39. The number of carbonyl (C=O) groups excluding carboxylic acids is 1. The molecule has 3 fully saturated rings. The largest absolute Gasteiger partial charge is 0.330 e. The number of benzene rings is 1. The summed E-state index contributed by atoms with van der Waals surface area (Å²) in [6.45, 7) is 3.26. The highest BCUT2D eigenvalue weighted by Gasteiger charge is 2.47. The van der Waals surface area contributed by atoms with E-state index < -0.39 is 0 Å². The average Bonchev–Trinajstić information content (AvgIpc) is 3.17. The zero-order valence-corrected chi connectivity index (χ0v) is 16.3. The van der Waals surface area contributed by atoms with Gasteiger partial charge in [0, 0.05) is 24.5 Å². The van der Waals surface area contributed by atoms with E-state index in [4.69, 9.17) is 0 Å². The van der Waals surface area contributed by atoms with E-state index in [1.807, 2.05) is 24.3 Å². The number of H-pyrrole nitrogens is 1. The van der Waals surface area contributed by atoms with Crippen molar-refractivity contribution in [3.63, 3.8) is 0 Å². The van der Waals surface area contributed by atoms with E-state index in [2.05, 4.69) is 26.1 Å². The second-order valence-electron chi connectivity index (χ2n) is 9.12. The molecule has 4 aliphatic rings. The average molecular weight is 377 g/mol. The molecule has 28 heavy (non-hydrogen) atoms. The molecule has 0 unspecified atom stereocenters. The predicted octanol–water partition coefficient (Wildman–Crippen LogP) is 3.60. The van der Waals surface area contributed by atoms with E-state index in [0.717, 1.165) is 42.9 Å². The first-order chi connectivity index (χ1) is 13.8. The van der Waals surface area contributed by atoms with Crippen molar-refractivity contribution in [2.45, 2.75) is 50.6 Å². The number of nitrogens with one attached hydrogen (secondary N) is 1. The molecule has 3 saturated heterocycles. The minimum Gasteiger partial charge on any atom is -0.330 e. The molecule has 6 rings (SSSR count). The van der Waals surface area contributed by atoms with Gasteiger partial charge < -0.3 is 4.90 Å². The van der Waals surface area contributed by atoms with Crippen LogP contribution in [0.3, 0.4) is 0 Å². The molecule has 5 nitrogen and oxygen atoms in total. The molecule has 146 valence electrons. The van der Waals surface area contributed by atoms with Gasteiger partial charge in [0.2, 0.25) is 0 Å². The highest BCUT2D eigenvalue weighted by Crippen LogP contribution is 2.45. The summed E-state index contributed by atoms with van der Waals surface area (Å²) in [5.74, 6) is 1.38. The Kier molecular flexibility index (Phi) is 3.86. The minimum absolute atomic E-state index is 0.104. The molecule has 3 aliphatic heterocycles. The van der Waals surface area contributed by atoms with E-state index in [0.29, 0.717) is 17.5 Å². The second kappa shape index (κ2) is 6.45. The number of rotatable bonds is 1. The van der Waals surface area contributed by atoms with E-state index in [1.54, 1.807) is 0 Å². The van der Waals surface area contributed by atoms with Crippen molar-refractivity contribution in [3.05, 3.63) is 41.6 Å². The van der Waals surface area contributed by atoms with Crippen LogP contribution in [0.1, 0.15) is 49.0 Å². The number of aromatic nitrogens is 2. The summed E-state index contributed by atoms with van der Waals surface area (Å²) >= 11 is 0. The molecule has 1 aromatic carbocycles. The molecule has 2 bridgehead atoms. The number of para-hydroxylation sites is 1. The highest BCUT2D eigenvalue weighted by atomic mass is 16.2. The number of likely N-dealkylation sites (tertiary alicyclic amines) is 1. The summed E-state index contributed by atoms with van der Waals surface area (Å²) in [5.41, 5.74) is 3.06. The Bertz CT molecular complexity index is 947. The first-order valence-corrected chi connectivity index (χ1v) is 11.0. The van der Waals surface area contributed by atoms with Gasteiger partial charge in [-0.2, -0.15) is 5.10 Å². The maximum absolute atomic E-state index is 13.6. The molecule has 0 saturated carbocycles. The summed E-state index contributed by atoms with van der Waals surface area (Å²) in [7, 11) is 0. The van der Waals surface area contributed by atoms with Crippen molar-refractivity contribution in [1.29, 1.82) is 0 Å². The Morgan fingerprint density at radius 2 is 2.07 bits per heavy atom. The lowest BCUT2D eigenvalue weighted by Crippen LogP contribution is -2.60. The fraction of sp³-hybridized carbons (Fsp3) is 0.565. The molecule has 4 heterocycles. The van der Waals surface area contributed by atoms with Crippen molar-refractivity contribution >= 4 is 16.8 Å². The van der Waals surface area contributed by atoms with Crippen LogP contribution in [0, 0.1) is 11.8 Å². The molecule has 1 aromatic heterocycles. The number of amides is 1. The van der Waals surface area contributed by atoms with Crippen LogP contribution in [0.5, 0.6) is 0 Å². The number of hydrogen-bond donors (Lipinski definition) is 1. The van der Waals surface area contributed by atoms with Crippen LogP contribution in [0.2, 0.25) is 0 Å². The van der Waals surface area contributed by atoms with Crippen LogP contribution in [0.25, 0.3) is 10.9 Å². The third-order valence-electron chi connectivity index (χ3n) is 7.59. The van der Waals surface area contributed by atoms with Crippen molar-refractivity contribution in [2.24, 2.45) is 11.8 Å². The van der Waals surface area contributed by atoms with Crippen LogP contribution in [-0.2, 0) is 0 Å². The Labute approximate surface area is 165 Å². The van der Waals surface area contributed by atoms with Gasteiger partial charge in [-0.15, -0.1) is 0 Å². The van der Waals surface area contributed by atoms with Crippen molar-refractivity contribution in [1.82, 2.24) is 20.0 Å². The van der Waals surface area contributed by atoms with E-state index in [9.17, 15) is 4.79 Å². The smallest absolute Gasteiger partial charge is 0.275 e. The zero-order valence-electron chi connectivity index (χ0n) is 16.3. The molecule has 1 amide bonds. The molecule has 5 heteroatoms. The lowest BCUT2D eigenvalue weighted by atomic mass is 9.68. The van der Waals surface area contributed by atoms with Crippen molar-refractivity contribution in [3.8, 4) is 0 Å².